The third-order valence-electron chi connectivity index (χ3n) is 6.77. The van der Waals surface area contributed by atoms with E-state index in [1.165, 1.54) is 38.5 Å². The van der Waals surface area contributed by atoms with Crippen LogP contribution in [-0.4, -0.2) is 24.5 Å². The van der Waals surface area contributed by atoms with Crippen LogP contribution < -0.4 is 9.47 Å². The molecule has 2 aliphatic carbocycles. The Hall–Kier alpha value is -1.75. The molecular formula is C22H30O5. The first kappa shape index (κ1) is 18.6. The summed E-state index contributed by atoms with van der Waals surface area (Å²) in [5.74, 6) is 0.920. The maximum absolute atomic E-state index is 11.9. The zero-order valence-electron chi connectivity index (χ0n) is 16.1. The molecule has 0 radical (unpaired) electrons. The van der Waals surface area contributed by atoms with Crippen molar-refractivity contribution in [2.45, 2.75) is 76.1 Å². The van der Waals surface area contributed by atoms with Crippen LogP contribution in [-0.2, 0) is 15.1 Å². The zero-order chi connectivity index (χ0) is 18.9. The molecule has 0 amide bonds. The van der Waals surface area contributed by atoms with Gasteiger partial charge in [0.25, 0.3) is 6.29 Å². The molecule has 0 bridgehead atoms. The van der Waals surface area contributed by atoms with E-state index < -0.39 is 17.9 Å². The minimum atomic E-state index is -1.26. The van der Waals surface area contributed by atoms with Crippen LogP contribution in [0.4, 0.5) is 0 Å². The van der Waals surface area contributed by atoms with Gasteiger partial charge in [0.1, 0.15) is 17.1 Å². The SMILES string of the molecule is COc1ccc2c(c1)OC(C(=O)O)OC2(C1CCCCC1)C1CCCCC1. The Morgan fingerprint density at radius 2 is 1.63 bits per heavy atom. The van der Waals surface area contributed by atoms with Gasteiger partial charge in [-0.1, -0.05) is 38.5 Å². The predicted octanol–water partition coefficient (Wildman–Crippen LogP) is 4.87. The molecule has 1 aromatic carbocycles. The second kappa shape index (κ2) is 7.70. The third kappa shape index (κ3) is 3.31. The molecule has 2 saturated carbocycles. The summed E-state index contributed by atoms with van der Waals surface area (Å²) in [5.41, 5.74) is 0.462. The number of benzene rings is 1. The van der Waals surface area contributed by atoms with Crippen LogP contribution >= 0.6 is 0 Å². The van der Waals surface area contributed by atoms with E-state index in [4.69, 9.17) is 14.2 Å². The van der Waals surface area contributed by atoms with Crippen molar-refractivity contribution < 1.29 is 24.1 Å². The van der Waals surface area contributed by atoms with E-state index in [-0.39, 0.29) is 0 Å². The summed E-state index contributed by atoms with van der Waals surface area (Å²) in [6.45, 7) is 0. The van der Waals surface area contributed by atoms with E-state index in [1.54, 1.807) is 7.11 Å². The molecule has 148 valence electrons. The van der Waals surface area contributed by atoms with Crippen LogP contribution in [0.15, 0.2) is 18.2 Å². The van der Waals surface area contributed by atoms with Crippen molar-refractivity contribution in [2.24, 2.45) is 11.8 Å². The minimum absolute atomic E-state index is 0.340. The molecule has 3 aliphatic rings. The van der Waals surface area contributed by atoms with Gasteiger partial charge in [-0.15, -0.1) is 0 Å². The molecule has 1 aliphatic heterocycles. The van der Waals surface area contributed by atoms with Crippen molar-refractivity contribution in [1.29, 1.82) is 0 Å². The van der Waals surface area contributed by atoms with Crippen molar-refractivity contribution in [3.05, 3.63) is 23.8 Å². The van der Waals surface area contributed by atoms with E-state index in [2.05, 4.69) is 6.07 Å². The summed E-state index contributed by atoms with van der Waals surface area (Å²) in [5, 5.41) is 9.74. The van der Waals surface area contributed by atoms with Crippen LogP contribution in [0.2, 0.25) is 0 Å². The number of aliphatic carboxylic acids is 1. The fourth-order valence-corrected chi connectivity index (χ4v) is 5.56. The minimum Gasteiger partial charge on any atom is -0.497 e. The molecule has 1 aromatic rings. The van der Waals surface area contributed by atoms with Crippen molar-refractivity contribution in [3.63, 3.8) is 0 Å². The van der Waals surface area contributed by atoms with Gasteiger partial charge in [-0.3, -0.25) is 0 Å². The number of rotatable bonds is 4. The Morgan fingerprint density at radius 3 is 2.15 bits per heavy atom. The van der Waals surface area contributed by atoms with Crippen LogP contribution in [0.5, 0.6) is 11.5 Å². The monoisotopic (exact) mass is 374 g/mol. The highest BCUT2D eigenvalue weighted by Crippen LogP contribution is 2.56. The average Bonchev–Trinajstić information content (AvgIpc) is 2.73. The van der Waals surface area contributed by atoms with E-state index in [0.717, 1.165) is 31.2 Å². The number of hydrogen-bond donors (Lipinski definition) is 1. The average molecular weight is 374 g/mol. The van der Waals surface area contributed by atoms with Crippen molar-refractivity contribution in [2.75, 3.05) is 7.11 Å². The van der Waals surface area contributed by atoms with Gasteiger partial charge in [-0.05, 0) is 49.7 Å². The molecule has 1 unspecified atom stereocenters. The summed E-state index contributed by atoms with van der Waals surface area (Å²) in [6.07, 6.45) is 10.4. The van der Waals surface area contributed by atoms with Gasteiger partial charge in [0.15, 0.2) is 0 Å². The third-order valence-corrected chi connectivity index (χ3v) is 6.77. The highest BCUT2D eigenvalue weighted by molar-refractivity contribution is 5.72. The van der Waals surface area contributed by atoms with E-state index >= 15 is 0 Å². The molecule has 5 heteroatoms. The smallest absolute Gasteiger partial charge is 0.373 e. The van der Waals surface area contributed by atoms with Crippen LogP contribution in [0.1, 0.15) is 69.8 Å². The largest absolute Gasteiger partial charge is 0.497 e. The lowest BCUT2D eigenvalue weighted by Gasteiger charge is -2.52. The predicted molar refractivity (Wildman–Crippen MR) is 101 cm³/mol. The molecule has 5 nitrogen and oxygen atoms in total. The van der Waals surface area contributed by atoms with Crippen LogP contribution in [0, 0.1) is 11.8 Å². The topological polar surface area (TPSA) is 65.0 Å². The second-order valence-electron chi connectivity index (χ2n) is 8.23. The lowest BCUT2D eigenvalue weighted by atomic mass is 9.63. The van der Waals surface area contributed by atoms with Crippen molar-refractivity contribution in [3.8, 4) is 11.5 Å². The van der Waals surface area contributed by atoms with E-state index in [9.17, 15) is 9.90 Å². The van der Waals surface area contributed by atoms with Gasteiger partial charge in [0.2, 0.25) is 0 Å². The lowest BCUT2D eigenvalue weighted by molar-refractivity contribution is -0.252. The normalized spacial score (nSPS) is 26.0. The summed E-state index contributed by atoms with van der Waals surface area (Å²) in [4.78, 5) is 11.9. The molecule has 1 N–H and O–H groups in total. The molecule has 27 heavy (non-hydrogen) atoms. The van der Waals surface area contributed by atoms with Crippen molar-refractivity contribution in [1.82, 2.24) is 0 Å². The maximum atomic E-state index is 11.9. The molecule has 1 atom stereocenters. The molecule has 2 fully saturated rings. The highest BCUT2D eigenvalue weighted by atomic mass is 16.7. The number of ether oxygens (including phenoxy) is 3. The molecule has 0 aromatic heterocycles. The first-order valence-corrected chi connectivity index (χ1v) is 10.4. The Balaban J connectivity index is 1.85. The van der Waals surface area contributed by atoms with Gasteiger partial charge < -0.3 is 19.3 Å². The molecule has 0 saturated heterocycles. The van der Waals surface area contributed by atoms with E-state index in [1.807, 2.05) is 12.1 Å². The van der Waals surface area contributed by atoms with E-state index in [0.29, 0.717) is 23.3 Å². The standard InChI is InChI=1S/C22H30O5/c1-25-17-12-13-18-19(14-17)26-21(20(23)24)27-22(18,15-8-4-2-5-9-15)16-10-6-3-7-11-16/h12-16,21H,2-11H2,1H3,(H,23,24). The van der Waals surface area contributed by atoms with Gasteiger partial charge in [-0.25, -0.2) is 4.79 Å². The Labute approximate surface area is 161 Å². The second-order valence-corrected chi connectivity index (χ2v) is 8.23. The summed E-state index contributed by atoms with van der Waals surface area (Å²) >= 11 is 0. The quantitative estimate of drug-likeness (QED) is 0.814. The fraction of sp³-hybridized carbons (Fsp3) is 0.682. The number of methoxy groups -OCH3 is 1. The zero-order valence-corrected chi connectivity index (χ0v) is 16.1. The summed E-state index contributed by atoms with van der Waals surface area (Å²) < 4.78 is 17.6. The Bertz CT molecular complexity index is 655. The van der Waals surface area contributed by atoms with Crippen LogP contribution in [0.25, 0.3) is 0 Å². The number of fused-ring (bicyclic) bond motifs is 1. The van der Waals surface area contributed by atoms with Gasteiger partial charge >= 0.3 is 5.97 Å². The molecule has 1 heterocycles. The lowest BCUT2D eigenvalue weighted by Crippen LogP contribution is -2.54. The van der Waals surface area contributed by atoms with Gasteiger partial charge in [0.05, 0.1) is 7.11 Å². The first-order chi connectivity index (χ1) is 13.1. The number of hydrogen-bond acceptors (Lipinski definition) is 4. The highest BCUT2D eigenvalue weighted by Gasteiger charge is 2.54. The van der Waals surface area contributed by atoms with Gasteiger partial charge in [-0.2, -0.15) is 0 Å². The Morgan fingerprint density at radius 1 is 1.04 bits per heavy atom. The molecule has 0 spiro atoms. The number of carboxylic acids is 1. The summed E-state index contributed by atoms with van der Waals surface area (Å²) in [6, 6.07) is 5.83. The van der Waals surface area contributed by atoms with Crippen LogP contribution in [0.3, 0.4) is 0 Å². The maximum Gasteiger partial charge on any atom is 0.373 e. The van der Waals surface area contributed by atoms with Gasteiger partial charge in [0, 0.05) is 11.6 Å². The fourth-order valence-electron chi connectivity index (χ4n) is 5.56. The molecule has 4 rings (SSSR count). The Kier molecular flexibility index (Phi) is 5.31. The molecular weight excluding hydrogens is 344 g/mol. The number of carbonyl (C=O) groups is 1. The van der Waals surface area contributed by atoms with Crippen molar-refractivity contribution >= 4 is 5.97 Å². The number of carboxylic acid groups (broad SMARTS) is 1. The summed E-state index contributed by atoms with van der Waals surface area (Å²) in [7, 11) is 1.62. The first-order valence-electron chi connectivity index (χ1n) is 10.4.